The number of thiazole rings is 1. The van der Waals surface area contributed by atoms with E-state index in [0.29, 0.717) is 12.6 Å². The van der Waals surface area contributed by atoms with E-state index in [0.717, 1.165) is 17.4 Å². The fourth-order valence-electron chi connectivity index (χ4n) is 2.24. The third-order valence-electron chi connectivity index (χ3n) is 3.58. The van der Waals surface area contributed by atoms with Gasteiger partial charge in [-0.1, -0.05) is 0 Å². The summed E-state index contributed by atoms with van der Waals surface area (Å²) < 4.78 is 5.31. The second kappa shape index (κ2) is 7.31. The Bertz CT molecular complexity index is 450. The van der Waals surface area contributed by atoms with E-state index in [1.54, 1.807) is 18.4 Å². The summed E-state index contributed by atoms with van der Waals surface area (Å²) in [5.74, 6) is 2.48. The fraction of sp³-hybridized carbons (Fsp3) is 0.800. The van der Waals surface area contributed by atoms with E-state index in [2.05, 4.69) is 38.0 Å². The highest BCUT2D eigenvalue weighted by Gasteiger charge is 2.24. The van der Waals surface area contributed by atoms with Crippen molar-refractivity contribution < 1.29 is 4.74 Å². The molecule has 1 atom stereocenters. The molecule has 0 radical (unpaired) electrons. The van der Waals surface area contributed by atoms with E-state index in [1.165, 1.54) is 22.8 Å². The molecule has 1 N–H and O–H groups in total. The molecule has 1 saturated heterocycles. The van der Waals surface area contributed by atoms with Crippen LogP contribution in [0.2, 0.25) is 0 Å². The number of hydrogen-bond acceptors (Lipinski definition) is 6. The van der Waals surface area contributed by atoms with Crippen molar-refractivity contribution in [3.63, 3.8) is 0 Å². The maximum Gasteiger partial charge on any atom is 0.185 e. The summed E-state index contributed by atoms with van der Waals surface area (Å²) >= 11 is 3.84. The standard InChI is InChI=1S/C15H27N3OS2/c1-15(2,3)16-8-13-12(9-19-5)17-14(21-13)18(4)11-6-7-20-10-11/h11,16H,6-10H2,1-5H3. The van der Waals surface area contributed by atoms with E-state index >= 15 is 0 Å². The number of rotatable bonds is 6. The SMILES string of the molecule is COCc1nc(N(C)C2CCSC2)sc1CNC(C)(C)C. The number of thioether (sulfide) groups is 1. The highest BCUT2D eigenvalue weighted by atomic mass is 32.2. The van der Waals surface area contributed by atoms with Gasteiger partial charge in [0.2, 0.25) is 0 Å². The molecule has 0 spiro atoms. The molecule has 2 rings (SSSR count). The van der Waals surface area contributed by atoms with Crippen molar-refractivity contribution in [2.45, 2.75) is 51.9 Å². The van der Waals surface area contributed by atoms with Crippen LogP contribution in [0, 0.1) is 0 Å². The lowest BCUT2D eigenvalue weighted by atomic mass is 10.1. The predicted molar refractivity (Wildman–Crippen MR) is 93.6 cm³/mol. The van der Waals surface area contributed by atoms with E-state index in [4.69, 9.17) is 9.72 Å². The first-order chi connectivity index (χ1) is 9.90. The zero-order valence-electron chi connectivity index (χ0n) is 13.7. The van der Waals surface area contributed by atoms with Gasteiger partial charge in [0.25, 0.3) is 0 Å². The second-order valence-corrected chi connectivity index (χ2v) is 8.74. The van der Waals surface area contributed by atoms with Crippen LogP contribution in [0.15, 0.2) is 0 Å². The van der Waals surface area contributed by atoms with Crippen molar-refractivity contribution in [2.75, 3.05) is 30.6 Å². The van der Waals surface area contributed by atoms with Gasteiger partial charge in [-0.15, -0.1) is 11.3 Å². The Morgan fingerprint density at radius 2 is 2.19 bits per heavy atom. The zero-order chi connectivity index (χ0) is 15.5. The Morgan fingerprint density at radius 3 is 2.76 bits per heavy atom. The first kappa shape index (κ1) is 17.1. The maximum absolute atomic E-state index is 5.31. The molecule has 1 fully saturated rings. The molecule has 1 aromatic heterocycles. The summed E-state index contributed by atoms with van der Waals surface area (Å²) in [5.41, 5.74) is 1.19. The molecule has 21 heavy (non-hydrogen) atoms. The largest absolute Gasteiger partial charge is 0.378 e. The molecule has 1 unspecified atom stereocenters. The van der Waals surface area contributed by atoms with Crippen molar-refractivity contribution in [2.24, 2.45) is 0 Å². The van der Waals surface area contributed by atoms with Crippen LogP contribution >= 0.6 is 23.1 Å². The van der Waals surface area contributed by atoms with Gasteiger partial charge in [-0.3, -0.25) is 0 Å². The van der Waals surface area contributed by atoms with Crippen LogP contribution in [0.1, 0.15) is 37.8 Å². The molecule has 0 bridgehead atoms. The molecule has 0 amide bonds. The lowest BCUT2D eigenvalue weighted by Gasteiger charge is -2.22. The van der Waals surface area contributed by atoms with Crippen LogP contribution in [-0.4, -0.2) is 42.2 Å². The smallest absolute Gasteiger partial charge is 0.185 e. The molecule has 1 aliphatic rings. The van der Waals surface area contributed by atoms with Crippen molar-refractivity contribution >= 4 is 28.2 Å². The van der Waals surface area contributed by atoms with E-state index in [9.17, 15) is 0 Å². The Kier molecular flexibility index (Phi) is 5.94. The molecular weight excluding hydrogens is 302 g/mol. The second-order valence-electron chi connectivity index (χ2n) is 6.53. The van der Waals surface area contributed by atoms with Gasteiger partial charge in [0.05, 0.1) is 12.3 Å². The predicted octanol–water partition coefficient (Wildman–Crippen LogP) is 3.12. The molecule has 6 heteroatoms. The monoisotopic (exact) mass is 329 g/mol. The summed E-state index contributed by atoms with van der Waals surface area (Å²) in [6, 6.07) is 0.625. The van der Waals surface area contributed by atoms with Crippen LogP contribution in [0.3, 0.4) is 0 Å². The van der Waals surface area contributed by atoms with Crippen molar-refractivity contribution in [1.29, 1.82) is 0 Å². The Balaban J connectivity index is 2.11. The molecule has 1 aliphatic heterocycles. The summed E-state index contributed by atoms with van der Waals surface area (Å²) in [5, 5.41) is 4.68. The summed E-state index contributed by atoms with van der Waals surface area (Å²) in [7, 11) is 3.91. The third-order valence-corrected chi connectivity index (χ3v) is 5.92. The highest BCUT2D eigenvalue weighted by Crippen LogP contribution is 2.31. The number of nitrogens with zero attached hydrogens (tertiary/aromatic N) is 2. The topological polar surface area (TPSA) is 37.4 Å². The molecule has 0 aliphatic carbocycles. The summed E-state index contributed by atoms with van der Waals surface area (Å²) in [4.78, 5) is 8.46. The van der Waals surface area contributed by atoms with Crippen molar-refractivity contribution in [1.82, 2.24) is 10.3 Å². The highest BCUT2D eigenvalue weighted by molar-refractivity contribution is 7.99. The van der Waals surface area contributed by atoms with Gasteiger partial charge in [0, 0.05) is 42.9 Å². The Labute approximate surface area is 136 Å². The first-order valence-corrected chi connectivity index (χ1v) is 9.41. The average molecular weight is 330 g/mol. The maximum atomic E-state index is 5.31. The number of nitrogens with one attached hydrogen (secondary N) is 1. The van der Waals surface area contributed by atoms with E-state index in [1.807, 2.05) is 11.8 Å². The number of ether oxygens (including phenoxy) is 1. The number of hydrogen-bond donors (Lipinski definition) is 1. The van der Waals surface area contributed by atoms with Crippen molar-refractivity contribution in [3.8, 4) is 0 Å². The normalized spacial score (nSPS) is 19.2. The minimum Gasteiger partial charge on any atom is -0.378 e. The average Bonchev–Trinajstić information content (AvgIpc) is 3.05. The van der Waals surface area contributed by atoms with Crippen molar-refractivity contribution in [3.05, 3.63) is 10.6 Å². The number of anilines is 1. The number of methoxy groups -OCH3 is 1. The fourth-order valence-corrected chi connectivity index (χ4v) is 4.54. The quantitative estimate of drug-likeness (QED) is 0.868. The Morgan fingerprint density at radius 1 is 1.43 bits per heavy atom. The number of aromatic nitrogens is 1. The Hall–Kier alpha value is -0.300. The molecular formula is C15H27N3OS2. The van der Waals surface area contributed by atoms with Crippen LogP contribution in [-0.2, 0) is 17.9 Å². The van der Waals surface area contributed by atoms with Crippen LogP contribution in [0.25, 0.3) is 0 Å². The zero-order valence-corrected chi connectivity index (χ0v) is 15.4. The van der Waals surface area contributed by atoms with Crippen LogP contribution < -0.4 is 10.2 Å². The lowest BCUT2D eigenvalue weighted by Crippen LogP contribution is -2.35. The van der Waals surface area contributed by atoms with Gasteiger partial charge in [0.15, 0.2) is 5.13 Å². The van der Waals surface area contributed by atoms with Crippen LogP contribution in [0.5, 0.6) is 0 Å². The summed E-state index contributed by atoms with van der Waals surface area (Å²) in [6.07, 6.45) is 1.26. The third kappa shape index (κ3) is 4.84. The summed E-state index contributed by atoms with van der Waals surface area (Å²) in [6.45, 7) is 8.00. The van der Waals surface area contributed by atoms with Gasteiger partial charge in [-0.25, -0.2) is 4.98 Å². The van der Waals surface area contributed by atoms with Gasteiger partial charge in [0.1, 0.15) is 0 Å². The lowest BCUT2D eigenvalue weighted by molar-refractivity contribution is 0.181. The molecule has 0 aromatic carbocycles. The molecule has 2 heterocycles. The minimum atomic E-state index is 0.114. The van der Waals surface area contributed by atoms with Gasteiger partial charge in [-0.05, 0) is 32.9 Å². The molecule has 1 aromatic rings. The van der Waals surface area contributed by atoms with E-state index < -0.39 is 0 Å². The molecule has 0 saturated carbocycles. The minimum absolute atomic E-state index is 0.114. The van der Waals surface area contributed by atoms with Gasteiger partial charge in [-0.2, -0.15) is 11.8 Å². The molecule has 4 nitrogen and oxygen atoms in total. The van der Waals surface area contributed by atoms with Gasteiger partial charge < -0.3 is 15.0 Å². The first-order valence-electron chi connectivity index (χ1n) is 7.44. The van der Waals surface area contributed by atoms with Gasteiger partial charge >= 0.3 is 0 Å². The van der Waals surface area contributed by atoms with E-state index in [-0.39, 0.29) is 5.54 Å². The molecule has 120 valence electrons. The van der Waals surface area contributed by atoms with Crippen LogP contribution in [0.4, 0.5) is 5.13 Å².